The maximum Gasteiger partial charge on any atom is 0.227 e. The van der Waals surface area contributed by atoms with Gasteiger partial charge in [-0.2, -0.15) is 0 Å². The standard InChI is InChI=1S/C16H26N4O3S2/c1-2-25(22,23)20-9-3-5-14(13-20)15(21)18-7-4-8-19(11-10-18)16-17-6-12-24-16/h6,12,14H,2-5,7-11,13H2,1H3. The van der Waals surface area contributed by atoms with Crippen LogP contribution in [0.1, 0.15) is 26.2 Å². The molecule has 3 rings (SSSR count). The highest BCUT2D eigenvalue weighted by molar-refractivity contribution is 7.89. The smallest absolute Gasteiger partial charge is 0.227 e. The Balaban J connectivity index is 1.61. The first-order valence-electron chi connectivity index (χ1n) is 8.92. The number of carbonyl (C=O) groups is 1. The second-order valence-electron chi connectivity index (χ2n) is 6.58. The molecule has 1 aromatic rings. The average molecular weight is 387 g/mol. The van der Waals surface area contributed by atoms with E-state index in [0.29, 0.717) is 19.6 Å². The molecule has 140 valence electrons. The summed E-state index contributed by atoms with van der Waals surface area (Å²) in [6.07, 6.45) is 4.25. The number of piperidine rings is 1. The van der Waals surface area contributed by atoms with Crippen molar-refractivity contribution < 1.29 is 13.2 Å². The minimum atomic E-state index is -3.22. The van der Waals surface area contributed by atoms with E-state index in [4.69, 9.17) is 0 Å². The number of anilines is 1. The van der Waals surface area contributed by atoms with E-state index in [-0.39, 0.29) is 17.6 Å². The van der Waals surface area contributed by atoms with Gasteiger partial charge in [0.05, 0.1) is 11.7 Å². The molecule has 0 spiro atoms. The van der Waals surface area contributed by atoms with E-state index in [9.17, 15) is 13.2 Å². The molecule has 0 aromatic carbocycles. The van der Waals surface area contributed by atoms with Gasteiger partial charge in [0, 0.05) is 50.8 Å². The minimum absolute atomic E-state index is 0.0976. The van der Waals surface area contributed by atoms with Crippen molar-refractivity contribution in [3.8, 4) is 0 Å². The first kappa shape index (κ1) is 18.6. The van der Waals surface area contributed by atoms with Gasteiger partial charge in [-0.25, -0.2) is 17.7 Å². The molecule has 2 aliphatic heterocycles. The monoisotopic (exact) mass is 386 g/mol. The third-order valence-corrected chi connectivity index (χ3v) is 7.67. The summed E-state index contributed by atoms with van der Waals surface area (Å²) in [5.74, 6) is -0.00101. The lowest BCUT2D eigenvalue weighted by Crippen LogP contribution is -2.47. The highest BCUT2D eigenvalue weighted by Crippen LogP contribution is 2.23. The SMILES string of the molecule is CCS(=O)(=O)N1CCCC(C(=O)N2CCCN(c3nccs3)CC2)C1. The molecule has 1 aromatic heterocycles. The summed E-state index contributed by atoms with van der Waals surface area (Å²) in [6, 6.07) is 0. The number of nitrogens with zero attached hydrogens (tertiary/aromatic N) is 4. The van der Waals surface area contributed by atoms with Gasteiger partial charge in [-0.1, -0.05) is 0 Å². The number of thiazole rings is 1. The largest absolute Gasteiger partial charge is 0.346 e. The van der Waals surface area contributed by atoms with Gasteiger partial charge in [0.1, 0.15) is 0 Å². The van der Waals surface area contributed by atoms with Gasteiger partial charge >= 0.3 is 0 Å². The van der Waals surface area contributed by atoms with Crippen LogP contribution in [0.5, 0.6) is 0 Å². The van der Waals surface area contributed by atoms with E-state index in [1.54, 1.807) is 24.5 Å². The molecule has 0 bridgehead atoms. The van der Waals surface area contributed by atoms with Crippen molar-refractivity contribution in [1.29, 1.82) is 0 Å². The molecule has 3 heterocycles. The van der Waals surface area contributed by atoms with Crippen molar-refractivity contribution in [2.24, 2.45) is 5.92 Å². The highest BCUT2D eigenvalue weighted by atomic mass is 32.2. The van der Waals surface area contributed by atoms with Crippen molar-refractivity contribution >= 4 is 32.4 Å². The fraction of sp³-hybridized carbons (Fsp3) is 0.750. The lowest BCUT2D eigenvalue weighted by Gasteiger charge is -2.34. The number of aromatic nitrogens is 1. The first-order valence-corrected chi connectivity index (χ1v) is 11.4. The molecule has 1 amide bonds. The van der Waals surface area contributed by atoms with Crippen LogP contribution in [0.3, 0.4) is 0 Å². The Labute approximate surface area is 153 Å². The van der Waals surface area contributed by atoms with Crippen molar-refractivity contribution in [2.45, 2.75) is 26.2 Å². The van der Waals surface area contributed by atoms with Gasteiger partial charge in [-0.15, -0.1) is 11.3 Å². The van der Waals surface area contributed by atoms with Crippen molar-refractivity contribution in [1.82, 2.24) is 14.2 Å². The predicted octanol–water partition coefficient (Wildman–Crippen LogP) is 1.24. The van der Waals surface area contributed by atoms with Crippen LogP contribution in [-0.4, -0.2) is 73.5 Å². The van der Waals surface area contributed by atoms with Crippen molar-refractivity contribution in [2.75, 3.05) is 49.9 Å². The van der Waals surface area contributed by atoms with E-state index in [1.165, 1.54) is 4.31 Å². The van der Waals surface area contributed by atoms with Crippen molar-refractivity contribution in [3.05, 3.63) is 11.6 Å². The fourth-order valence-corrected chi connectivity index (χ4v) is 5.41. The zero-order valence-corrected chi connectivity index (χ0v) is 16.3. The second-order valence-corrected chi connectivity index (χ2v) is 9.71. The van der Waals surface area contributed by atoms with Gasteiger partial charge in [-0.3, -0.25) is 4.79 Å². The molecule has 25 heavy (non-hydrogen) atoms. The predicted molar refractivity (Wildman–Crippen MR) is 99.3 cm³/mol. The lowest BCUT2D eigenvalue weighted by molar-refractivity contribution is -0.136. The van der Waals surface area contributed by atoms with Crippen LogP contribution in [0.15, 0.2) is 11.6 Å². The summed E-state index contributed by atoms with van der Waals surface area (Å²) >= 11 is 1.62. The Morgan fingerprint density at radius 2 is 2.08 bits per heavy atom. The molecular weight excluding hydrogens is 360 g/mol. The number of rotatable bonds is 4. The normalized spacial score (nSPS) is 23.5. The number of sulfonamides is 1. The molecule has 1 atom stereocenters. The van der Waals surface area contributed by atoms with E-state index < -0.39 is 10.0 Å². The maximum atomic E-state index is 12.9. The highest BCUT2D eigenvalue weighted by Gasteiger charge is 2.34. The number of hydrogen-bond acceptors (Lipinski definition) is 6. The second kappa shape index (κ2) is 8.01. The van der Waals surface area contributed by atoms with E-state index in [2.05, 4.69) is 9.88 Å². The molecule has 0 N–H and O–H groups in total. The molecule has 2 saturated heterocycles. The molecule has 2 fully saturated rings. The van der Waals surface area contributed by atoms with E-state index >= 15 is 0 Å². The van der Waals surface area contributed by atoms with Crippen LogP contribution >= 0.6 is 11.3 Å². The molecule has 9 heteroatoms. The number of amides is 1. The topological polar surface area (TPSA) is 73.8 Å². The lowest BCUT2D eigenvalue weighted by atomic mass is 9.98. The summed E-state index contributed by atoms with van der Waals surface area (Å²) in [4.78, 5) is 21.4. The molecule has 7 nitrogen and oxygen atoms in total. The zero-order valence-electron chi connectivity index (χ0n) is 14.6. The van der Waals surface area contributed by atoms with Crippen LogP contribution in [0.4, 0.5) is 5.13 Å². The number of carbonyl (C=O) groups excluding carboxylic acids is 1. The Morgan fingerprint density at radius 3 is 2.80 bits per heavy atom. The van der Waals surface area contributed by atoms with Crippen LogP contribution in [0.25, 0.3) is 0 Å². The van der Waals surface area contributed by atoms with E-state index in [0.717, 1.165) is 44.0 Å². The summed E-state index contributed by atoms with van der Waals surface area (Å²) < 4.78 is 25.7. The van der Waals surface area contributed by atoms with Gasteiger partial charge in [0.25, 0.3) is 0 Å². The molecular formula is C16H26N4O3S2. The van der Waals surface area contributed by atoms with Crippen LogP contribution in [-0.2, 0) is 14.8 Å². The van der Waals surface area contributed by atoms with Gasteiger partial charge in [-0.05, 0) is 26.2 Å². The van der Waals surface area contributed by atoms with E-state index in [1.807, 2.05) is 10.3 Å². The van der Waals surface area contributed by atoms with Gasteiger partial charge in [0.15, 0.2) is 5.13 Å². The minimum Gasteiger partial charge on any atom is -0.346 e. The number of hydrogen-bond donors (Lipinski definition) is 0. The van der Waals surface area contributed by atoms with Gasteiger partial charge in [0.2, 0.25) is 15.9 Å². The summed E-state index contributed by atoms with van der Waals surface area (Å²) in [7, 11) is -3.22. The molecule has 0 saturated carbocycles. The zero-order chi connectivity index (χ0) is 17.9. The maximum absolute atomic E-state index is 12.9. The first-order chi connectivity index (χ1) is 12.0. The fourth-order valence-electron chi connectivity index (χ4n) is 3.54. The third kappa shape index (κ3) is 4.32. The summed E-state index contributed by atoms with van der Waals surface area (Å²) in [6.45, 7) is 5.62. The quantitative estimate of drug-likeness (QED) is 0.778. The third-order valence-electron chi connectivity index (χ3n) is 4.99. The summed E-state index contributed by atoms with van der Waals surface area (Å²) in [5, 5.41) is 2.97. The van der Waals surface area contributed by atoms with Crippen molar-refractivity contribution in [3.63, 3.8) is 0 Å². The Bertz CT molecular complexity index is 678. The summed E-state index contributed by atoms with van der Waals surface area (Å²) in [5.41, 5.74) is 0. The van der Waals surface area contributed by atoms with Crippen LogP contribution in [0, 0.1) is 5.92 Å². The Kier molecular flexibility index (Phi) is 5.96. The van der Waals surface area contributed by atoms with Gasteiger partial charge < -0.3 is 9.80 Å². The Morgan fingerprint density at radius 1 is 1.24 bits per heavy atom. The van der Waals surface area contributed by atoms with Crippen LogP contribution in [0.2, 0.25) is 0 Å². The average Bonchev–Trinajstić information content (AvgIpc) is 3.06. The molecule has 0 radical (unpaired) electrons. The molecule has 0 aliphatic carbocycles. The molecule has 2 aliphatic rings. The Hall–Kier alpha value is -1.19. The molecule has 1 unspecified atom stereocenters. The van der Waals surface area contributed by atoms with Crippen LogP contribution < -0.4 is 4.90 Å².